The van der Waals surface area contributed by atoms with Crippen LogP contribution in [0.4, 0.5) is 17.1 Å². The van der Waals surface area contributed by atoms with E-state index in [1.54, 1.807) is 12.1 Å². The Hall–Kier alpha value is -4.08. The second kappa shape index (κ2) is 8.34. The molecule has 138 valence electrons. The molecular weight excluding hydrogens is 356 g/mol. The number of nitro groups is 2. The average Bonchev–Trinajstić information content (AvgIpc) is 2.65. The number of para-hydroxylation sites is 1. The summed E-state index contributed by atoms with van der Waals surface area (Å²) in [6, 6.07) is 8.71. The quantitative estimate of drug-likeness (QED) is 0.435. The molecule has 10 nitrogen and oxygen atoms in total. The van der Waals surface area contributed by atoms with Gasteiger partial charge in [0.15, 0.2) is 0 Å². The smallest absolute Gasteiger partial charge is 0.277 e. The zero-order chi connectivity index (χ0) is 20.0. The summed E-state index contributed by atoms with van der Waals surface area (Å²) in [6.07, 6.45) is 1.49. The number of nitrogens with one attached hydrogen (secondary N) is 2. The van der Waals surface area contributed by atoms with Crippen molar-refractivity contribution >= 4 is 28.9 Å². The number of hydrogen-bond donors (Lipinski definition) is 2. The number of amides is 2. The van der Waals surface area contributed by atoms with Gasteiger partial charge in [-0.15, -0.1) is 6.58 Å². The Kier molecular flexibility index (Phi) is 5.94. The van der Waals surface area contributed by atoms with Gasteiger partial charge in [-0.3, -0.25) is 29.8 Å². The van der Waals surface area contributed by atoms with Crippen LogP contribution in [0.25, 0.3) is 0 Å². The first kappa shape index (κ1) is 19.2. The standard InChI is InChI=1S/C17H14N4O6/c1-2-7-18-17(23)14-5-3-4-6-15(14)19-16(22)11-8-12(20(24)25)10-13(9-11)21(26)27/h2-6,8-10H,1,7H2,(H,18,23)(H,19,22). The molecule has 0 aromatic heterocycles. The largest absolute Gasteiger partial charge is 0.349 e. The fourth-order valence-electron chi connectivity index (χ4n) is 2.18. The van der Waals surface area contributed by atoms with Gasteiger partial charge in [0.05, 0.1) is 32.7 Å². The van der Waals surface area contributed by atoms with Gasteiger partial charge in [-0.05, 0) is 12.1 Å². The van der Waals surface area contributed by atoms with Crippen molar-refractivity contribution < 1.29 is 19.4 Å². The molecular formula is C17H14N4O6. The number of carbonyl (C=O) groups is 2. The monoisotopic (exact) mass is 370 g/mol. The molecule has 0 aliphatic heterocycles. The molecule has 10 heteroatoms. The molecule has 0 unspecified atom stereocenters. The van der Waals surface area contributed by atoms with Gasteiger partial charge in [0, 0.05) is 18.7 Å². The van der Waals surface area contributed by atoms with Crippen molar-refractivity contribution in [3.05, 3.63) is 86.5 Å². The van der Waals surface area contributed by atoms with Crippen LogP contribution in [-0.2, 0) is 0 Å². The first-order valence-corrected chi connectivity index (χ1v) is 7.57. The highest BCUT2D eigenvalue weighted by Crippen LogP contribution is 2.24. The van der Waals surface area contributed by atoms with Gasteiger partial charge in [-0.25, -0.2) is 0 Å². The van der Waals surface area contributed by atoms with Crippen LogP contribution in [0, 0.1) is 20.2 Å². The number of nitro benzene ring substituents is 2. The van der Waals surface area contributed by atoms with Crippen molar-refractivity contribution in [3.8, 4) is 0 Å². The molecule has 0 spiro atoms. The van der Waals surface area contributed by atoms with E-state index in [1.807, 2.05) is 0 Å². The van der Waals surface area contributed by atoms with Crippen LogP contribution in [0.2, 0.25) is 0 Å². The fourth-order valence-corrected chi connectivity index (χ4v) is 2.18. The second-order valence-corrected chi connectivity index (χ2v) is 5.25. The van der Waals surface area contributed by atoms with E-state index in [4.69, 9.17) is 0 Å². The molecule has 27 heavy (non-hydrogen) atoms. The van der Waals surface area contributed by atoms with Gasteiger partial charge in [0.25, 0.3) is 23.2 Å². The number of anilines is 1. The minimum Gasteiger partial charge on any atom is -0.349 e. The van der Waals surface area contributed by atoms with Crippen molar-refractivity contribution in [1.82, 2.24) is 5.32 Å². The van der Waals surface area contributed by atoms with Crippen molar-refractivity contribution in [2.75, 3.05) is 11.9 Å². The van der Waals surface area contributed by atoms with Crippen molar-refractivity contribution in [1.29, 1.82) is 0 Å². The molecule has 2 amide bonds. The number of non-ortho nitro benzene ring substituents is 2. The first-order valence-electron chi connectivity index (χ1n) is 7.57. The number of hydrogen-bond acceptors (Lipinski definition) is 6. The van der Waals surface area contributed by atoms with Crippen molar-refractivity contribution in [2.24, 2.45) is 0 Å². The molecule has 0 atom stereocenters. The summed E-state index contributed by atoms with van der Waals surface area (Å²) < 4.78 is 0. The lowest BCUT2D eigenvalue weighted by molar-refractivity contribution is -0.394. The average molecular weight is 370 g/mol. The molecule has 2 N–H and O–H groups in total. The minimum atomic E-state index is -0.833. The summed E-state index contributed by atoms with van der Waals surface area (Å²) in [6.45, 7) is 3.71. The zero-order valence-electron chi connectivity index (χ0n) is 13.9. The lowest BCUT2D eigenvalue weighted by Crippen LogP contribution is -2.25. The first-order chi connectivity index (χ1) is 12.8. The van der Waals surface area contributed by atoms with Gasteiger partial charge in [-0.2, -0.15) is 0 Å². The van der Waals surface area contributed by atoms with Gasteiger partial charge in [0.2, 0.25) is 0 Å². The van der Waals surface area contributed by atoms with E-state index in [1.165, 1.54) is 18.2 Å². The minimum absolute atomic E-state index is 0.151. The van der Waals surface area contributed by atoms with Gasteiger partial charge < -0.3 is 10.6 Å². The lowest BCUT2D eigenvalue weighted by Gasteiger charge is -2.11. The van der Waals surface area contributed by atoms with Gasteiger partial charge in [0.1, 0.15) is 0 Å². The highest BCUT2D eigenvalue weighted by atomic mass is 16.6. The molecule has 0 bridgehead atoms. The Morgan fingerprint density at radius 1 is 1.00 bits per heavy atom. The molecule has 2 aromatic rings. The van der Waals surface area contributed by atoms with E-state index < -0.39 is 33.0 Å². The SMILES string of the molecule is C=CCNC(=O)c1ccccc1NC(=O)c1cc([N+](=O)[O-])cc([N+](=O)[O-])c1. The van der Waals surface area contributed by atoms with Gasteiger partial charge in [-0.1, -0.05) is 18.2 Å². The molecule has 0 heterocycles. The molecule has 0 saturated heterocycles. The number of nitrogens with zero attached hydrogens (tertiary/aromatic N) is 2. The van der Waals surface area contributed by atoms with E-state index >= 15 is 0 Å². The fraction of sp³-hybridized carbons (Fsp3) is 0.0588. The summed E-state index contributed by atoms with van der Waals surface area (Å²) in [7, 11) is 0. The summed E-state index contributed by atoms with van der Waals surface area (Å²) in [4.78, 5) is 44.8. The number of benzene rings is 2. The second-order valence-electron chi connectivity index (χ2n) is 5.25. The molecule has 0 aliphatic rings. The maximum atomic E-state index is 12.4. The lowest BCUT2D eigenvalue weighted by atomic mass is 10.1. The van der Waals surface area contributed by atoms with Gasteiger partial charge >= 0.3 is 0 Å². The third kappa shape index (κ3) is 4.72. The van der Waals surface area contributed by atoms with Crippen LogP contribution in [-0.4, -0.2) is 28.2 Å². The Balaban J connectivity index is 2.35. The summed E-state index contributed by atoms with van der Waals surface area (Å²) in [5, 5.41) is 26.9. The van der Waals surface area contributed by atoms with E-state index in [0.717, 1.165) is 18.2 Å². The van der Waals surface area contributed by atoms with Crippen LogP contribution in [0.3, 0.4) is 0 Å². The molecule has 2 aromatic carbocycles. The topological polar surface area (TPSA) is 144 Å². The normalized spacial score (nSPS) is 9.93. The predicted molar refractivity (Wildman–Crippen MR) is 96.7 cm³/mol. The Bertz CT molecular complexity index is 909. The Labute approximate surface area is 152 Å². The molecule has 0 radical (unpaired) electrons. The van der Waals surface area contributed by atoms with E-state index in [-0.39, 0.29) is 23.4 Å². The Morgan fingerprint density at radius 2 is 1.59 bits per heavy atom. The molecule has 0 fully saturated rings. The van der Waals surface area contributed by atoms with Crippen LogP contribution < -0.4 is 10.6 Å². The number of rotatable bonds is 7. The van der Waals surface area contributed by atoms with E-state index in [9.17, 15) is 29.8 Å². The summed E-state index contributed by atoms with van der Waals surface area (Å²) in [5.74, 6) is -1.29. The predicted octanol–water partition coefficient (Wildman–Crippen LogP) is 2.67. The zero-order valence-corrected chi connectivity index (χ0v) is 13.9. The molecule has 0 aliphatic carbocycles. The van der Waals surface area contributed by atoms with Crippen molar-refractivity contribution in [2.45, 2.75) is 0 Å². The van der Waals surface area contributed by atoms with E-state index in [0.29, 0.717) is 0 Å². The number of carbonyl (C=O) groups excluding carboxylic acids is 2. The Morgan fingerprint density at radius 3 is 2.15 bits per heavy atom. The van der Waals surface area contributed by atoms with Crippen LogP contribution in [0.5, 0.6) is 0 Å². The third-order valence-corrected chi connectivity index (χ3v) is 3.41. The van der Waals surface area contributed by atoms with Crippen LogP contribution >= 0.6 is 0 Å². The van der Waals surface area contributed by atoms with Crippen molar-refractivity contribution in [3.63, 3.8) is 0 Å². The highest BCUT2D eigenvalue weighted by molar-refractivity contribution is 6.09. The highest BCUT2D eigenvalue weighted by Gasteiger charge is 2.21. The van der Waals surface area contributed by atoms with Crippen LogP contribution in [0.1, 0.15) is 20.7 Å². The molecule has 0 saturated carbocycles. The maximum Gasteiger partial charge on any atom is 0.277 e. The summed E-state index contributed by atoms with van der Waals surface area (Å²) >= 11 is 0. The third-order valence-electron chi connectivity index (χ3n) is 3.41. The van der Waals surface area contributed by atoms with E-state index in [2.05, 4.69) is 17.2 Å². The van der Waals surface area contributed by atoms with Crippen LogP contribution in [0.15, 0.2) is 55.1 Å². The molecule has 2 rings (SSSR count). The summed E-state index contributed by atoms with van der Waals surface area (Å²) in [5.41, 5.74) is -1.15. The maximum absolute atomic E-state index is 12.4.